The summed E-state index contributed by atoms with van der Waals surface area (Å²) in [5, 5.41) is 8.39. The third kappa shape index (κ3) is 5.38. The molecule has 5 nitrogen and oxygen atoms in total. The van der Waals surface area contributed by atoms with Crippen molar-refractivity contribution in [3.05, 3.63) is 89.1 Å². The van der Waals surface area contributed by atoms with Crippen LogP contribution in [0.3, 0.4) is 0 Å². The molecule has 168 valence electrons. The number of aromatic nitrogens is 2. The van der Waals surface area contributed by atoms with Gasteiger partial charge in [0.15, 0.2) is 5.13 Å². The summed E-state index contributed by atoms with van der Waals surface area (Å²) in [5.41, 5.74) is 3.01. The Balaban J connectivity index is 1.55. The smallest absolute Gasteiger partial charge is 0.331 e. The first-order valence-electron chi connectivity index (χ1n) is 10.1. The number of hydrogen-bond donors (Lipinski definition) is 2. The highest BCUT2D eigenvalue weighted by atomic mass is 32.1. The minimum absolute atomic E-state index is 0.0748. The second-order valence-corrected chi connectivity index (χ2v) is 8.02. The van der Waals surface area contributed by atoms with E-state index in [4.69, 9.17) is 0 Å². The van der Waals surface area contributed by atoms with Crippen LogP contribution in [-0.2, 0) is 12.6 Å². The van der Waals surface area contributed by atoms with Crippen LogP contribution in [0.5, 0.6) is 0 Å². The quantitative estimate of drug-likeness (QED) is 0.327. The number of pyridine rings is 1. The zero-order chi connectivity index (χ0) is 23.4. The van der Waals surface area contributed by atoms with E-state index in [1.54, 1.807) is 24.5 Å². The monoisotopic (exact) mass is 468 g/mol. The zero-order valence-corrected chi connectivity index (χ0v) is 18.3. The van der Waals surface area contributed by atoms with Crippen molar-refractivity contribution in [2.24, 2.45) is 0 Å². The zero-order valence-electron chi connectivity index (χ0n) is 17.5. The average Bonchev–Trinajstić information content (AvgIpc) is 3.28. The number of carbonyl (C=O) groups excluding carboxylic acids is 1. The molecule has 2 aromatic carbocycles. The number of thiazole rings is 1. The molecule has 0 aliphatic rings. The SMILES string of the molecule is CCc1ccc(C(=O)Nc2cccc(C(F)(F)F)c2)cc1Nc1nc(-c2ccncc2)cs1. The number of amides is 1. The first-order chi connectivity index (χ1) is 15.8. The Bertz CT molecular complexity index is 1270. The molecule has 0 radical (unpaired) electrons. The number of nitrogens with one attached hydrogen (secondary N) is 2. The molecule has 4 aromatic rings. The second kappa shape index (κ2) is 9.41. The fraction of sp³-hybridized carbons (Fsp3) is 0.125. The maximum absolute atomic E-state index is 13.0. The molecule has 2 N–H and O–H groups in total. The Morgan fingerprint density at radius 2 is 1.85 bits per heavy atom. The first kappa shape index (κ1) is 22.5. The highest BCUT2D eigenvalue weighted by Crippen LogP contribution is 2.31. The lowest BCUT2D eigenvalue weighted by Crippen LogP contribution is -2.13. The lowest BCUT2D eigenvalue weighted by Gasteiger charge is -2.13. The molecule has 0 saturated heterocycles. The summed E-state index contributed by atoms with van der Waals surface area (Å²) in [5.74, 6) is -0.503. The Kier molecular flexibility index (Phi) is 6.41. The van der Waals surface area contributed by atoms with E-state index in [9.17, 15) is 18.0 Å². The van der Waals surface area contributed by atoms with Gasteiger partial charge in [0.05, 0.1) is 11.3 Å². The van der Waals surface area contributed by atoms with Crippen LogP contribution in [0.4, 0.5) is 29.7 Å². The van der Waals surface area contributed by atoms with Gasteiger partial charge >= 0.3 is 6.18 Å². The lowest BCUT2D eigenvalue weighted by molar-refractivity contribution is -0.137. The largest absolute Gasteiger partial charge is 0.416 e. The fourth-order valence-corrected chi connectivity index (χ4v) is 3.95. The van der Waals surface area contributed by atoms with Crippen molar-refractivity contribution in [3.8, 4) is 11.3 Å². The number of rotatable bonds is 6. The third-order valence-electron chi connectivity index (χ3n) is 4.92. The summed E-state index contributed by atoms with van der Waals surface area (Å²) in [6, 6.07) is 13.4. The molecule has 0 atom stereocenters. The summed E-state index contributed by atoms with van der Waals surface area (Å²) in [6.07, 6.45) is -0.364. The average molecular weight is 469 g/mol. The number of carbonyl (C=O) groups is 1. The molecule has 4 rings (SSSR count). The van der Waals surface area contributed by atoms with Crippen LogP contribution in [0, 0.1) is 0 Å². The Hall–Kier alpha value is -3.72. The summed E-state index contributed by atoms with van der Waals surface area (Å²) >= 11 is 1.43. The van der Waals surface area contributed by atoms with Gasteiger partial charge in [-0.15, -0.1) is 11.3 Å². The van der Waals surface area contributed by atoms with Gasteiger partial charge < -0.3 is 10.6 Å². The van der Waals surface area contributed by atoms with Crippen molar-refractivity contribution in [2.45, 2.75) is 19.5 Å². The van der Waals surface area contributed by atoms with Crippen molar-refractivity contribution in [2.75, 3.05) is 10.6 Å². The number of aryl methyl sites for hydroxylation is 1. The molecular weight excluding hydrogens is 449 g/mol. The standard InChI is InChI=1S/C24H19F3N4OS/c1-2-15-6-7-17(22(32)29-19-5-3-4-18(13-19)24(25,26)27)12-20(15)30-23-31-21(14-33-23)16-8-10-28-11-9-16/h3-14H,2H2,1H3,(H,29,32)(H,30,31). The van der Waals surface area contributed by atoms with Gasteiger partial charge in [-0.25, -0.2) is 4.98 Å². The second-order valence-electron chi connectivity index (χ2n) is 7.16. The number of benzene rings is 2. The molecule has 0 fully saturated rings. The summed E-state index contributed by atoms with van der Waals surface area (Å²) < 4.78 is 38.9. The van der Waals surface area contributed by atoms with Gasteiger partial charge in [0.25, 0.3) is 5.91 Å². The van der Waals surface area contributed by atoms with Gasteiger partial charge in [-0.05, 0) is 54.4 Å². The highest BCUT2D eigenvalue weighted by Gasteiger charge is 2.30. The summed E-state index contributed by atoms with van der Waals surface area (Å²) in [6.45, 7) is 1.99. The molecule has 0 spiro atoms. The first-order valence-corrected chi connectivity index (χ1v) is 11.0. The highest BCUT2D eigenvalue weighted by molar-refractivity contribution is 7.14. The van der Waals surface area contributed by atoms with Crippen LogP contribution in [0.1, 0.15) is 28.4 Å². The molecule has 0 aliphatic heterocycles. The van der Waals surface area contributed by atoms with E-state index in [0.29, 0.717) is 16.4 Å². The maximum Gasteiger partial charge on any atom is 0.416 e. The number of anilines is 3. The summed E-state index contributed by atoms with van der Waals surface area (Å²) in [4.78, 5) is 21.3. The molecule has 0 aliphatic carbocycles. The van der Waals surface area contributed by atoms with E-state index >= 15 is 0 Å². The lowest BCUT2D eigenvalue weighted by atomic mass is 10.1. The van der Waals surface area contributed by atoms with Gasteiger partial charge in [0, 0.05) is 40.3 Å². The van der Waals surface area contributed by atoms with Gasteiger partial charge in [0.1, 0.15) is 0 Å². The minimum atomic E-state index is -4.48. The molecule has 1 amide bonds. The predicted octanol–water partition coefficient (Wildman–Crippen LogP) is 6.78. The van der Waals surface area contributed by atoms with Gasteiger partial charge in [-0.1, -0.05) is 19.1 Å². The molecule has 2 aromatic heterocycles. The van der Waals surface area contributed by atoms with Gasteiger partial charge in [-0.3, -0.25) is 9.78 Å². The number of nitrogens with zero attached hydrogens (tertiary/aromatic N) is 2. The van der Waals surface area contributed by atoms with Crippen molar-refractivity contribution in [1.29, 1.82) is 0 Å². The van der Waals surface area contributed by atoms with Crippen molar-refractivity contribution < 1.29 is 18.0 Å². The maximum atomic E-state index is 13.0. The fourth-order valence-electron chi connectivity index (χ4n) is 3.22. The van der Waals surface area contributed by atoms with E-state index in [-0.39, 0.29) is 5.69 Å². The third-order valence-corrected chi connectivity index (χ3v) is 5.68. The Morgan fingerprint density at radius 3 is 2.58 bits per heavy atom. The van der Waals surface area contributed by atoms with Gasteiger partial charge in [-0.2, -0.15) is 13.2 Å². The molecule has 33 heavy (non-hydrogen) atoms. The molecule has 0 bridgehead atoms. The van der Waals surface area contributed by atoms with E-state index in [2.05, 4.69) is 20.6 Å². The molecule has 0 unspecified atom stereocenters. The number of alkyl halides is 3. The molecule has 2 heterocycles. The topological polar surface area (TPSA) is 66.9 Å². The number of hydrogen-bond acceptors (Lipinski definition) is 5. The molecular formula is C24H19F3N4OS. The van der Waals surface area contributed by atoms with Crippen LogP contribution < -0.4 is 10.6 Å². The van der Waals surface area contributed by atoms with Crippen LogP contribution in [0.2, 0.25) is 0 Å². The van der Waals surface area contributed by atoms with E-state index in [1.165, 1.54) is 23.5 Å². The van der Waals surface area contributed by atoms with Crippen LogP contribution in [-0.4, -0.2) is 15.9 Å². The Labute approximate surface area is 192 Å². The number of halogens is 3. The normalized spacial score (nSPS) is 11.3. The summed E-state index contributed by atoms with van der Waals surface area (Å²) in [7, 11) is 0. The Morgan fingerprint density at radius 1 is 1.06 bits per heavy atom. The van der Waals surface area contributed by atoms with Crippen molar-refractivity contribution in [3.63, 3.8) is 0 Å². The predicted molar refractivity (Wildman–Crippen MR) is 124 cm³/mol. The van der Waals surface area contributed by atoms with Crippen LogP contribution in [0.25, 0.3) is 11.3 Å². The van der Waals surface area contributed by atoms with E-state index < -0.39 is 17.6 Å². The minimum Gasteiger partial charge on any atom is -0.331 e. The van der Waals surface area contributed by atoms with Crippen molar-refractivity contribution in [1.82, 2.24) is 9.97 Å². The molecule has 0 saturated carbocycles. The van der Waals surface area contributed by atoms with Crippen molar-refractivity contribution >= 4 is 33.8 Å². The van der Waals surface area contributed by atoms with E-state index in [1.807, 2.05) is 30.5 Å². The van der Waals surface area contributed by atoms with Gasteiger partial charge in [0.2, 0.25) is 0 Å². The van der Waals surface area contributed by atoms with Crippen LogP contribution in [0.15, 0.2) is 72.4 Å². The molecule has 9 heteroatoms. The van der Waals surface area contributed by atoms with Crippen LogP contribution >= 0.6 is 11.3 Å². The van der Waals surface area contributed by atoms with E-state index in [0.717, 1.165) is 35.4 Å².